The first-order chi connectivity index (χ1) is 9.69. The van der Waals surface area contributed by atoms with E-state index in [9.17, 15) is 9.18 Å². The van der Waals surface area contributed by atoms with E-state index in [2.05, 4.69) is 13.8 Å². The van der Waals surface area contributed by atoms with E-state index in [0.29, 0.717) is 5.56 Å². The van der Waals surface area contributed by atoms with Crippen LogP contribution in [0.4, 0.5) is 4.39 Å². The molecule has 20 heavy (non-hydrogen) atoms. The molecule has 1 aromatic carbocycles. The average Bonchev–Trinajstić information content (AvgIpc) is 2.46. The minimum absolute atomic E-state index is 0.0468. The van der Waals surface area contributed by atoms with Gasteiger partial charge in [-0.3, -0.25) is 4.79 Å². The minimum Gasteiger partial charge on any atom is -0.339 e. The molecule has 0 unspecified atom stereocenters. The molecule has 0 aliphatic heterocycles. The van der Waals surface area contributed by atoms with E-state index in [1.165, 1.54) is 25.0 Å². The van der Waals surface area contributed by atoms with E-state index in [4.69, 9.17) is 0 Å². The number of amides is 1. The Morgan fingerprint density at radius 2 is 1.75 bits per heavy atom. The molecule has 0 saturated carbocycles. The zero-order valence-electron chi connectivity index (χ0n) is 12.7. The molecular formula is C17H26FNO. The maximum atomic E-state index is 13.2. The Bertz CT molecular complexity index is 406. The fraction of sp³-hybridized carbons (Fsp3) is 0.588. The fourth-order valence-electron chi connectivity index (χ4n) is 2.20. The van der Waals surface area contributed by atoms with Gasteiger partial charge >= 0.3 is 0 Å². The van der Waals surface area contributed by atoms with E-state index >= 15 is 0 Å². The SMILES string of the molecule is CCCCCCN(CCCC)C(=O)c1cccc(F)c1. The summed E-state index contributed by atoms with van der Waals surface area (Å²) in [6.07, 6.45) is 6.62. The maximum Gasteiger partial charge on any atom is 0.253 e. The molecule has 0 bridgehead atoms. The maximum absolute atomic E-state index is 13.2. The van der Waals surface area contributed by atoms with Gasteiger partial charge in [0.25, 0.3) is 5.91 Å². The smallest absolute Gasteiger partial charge is 0.253 e. The van der Waals surface area contributed by atoms with Crippen LogP contribution >= 0.6 is 0 Å². The minimum atomic E-state index is -0.350. The van der Waals surface area contributed by atoms with Crippen LogP contribution < -0.4 is 0 Å². The van der Waals surface area contributed by atoms with E-state index in [-0.39, 0.29) is 11.7 Å². The molecule has 0 saturated heterocycles. The van der Waals surface area contributed by atoms with E-state index in [1.54, 1.807) is 12.1 Å². The monoisotopic (exact) mass is 279 g/mol. The van der Waals surface area contributed by atoms with Crippen LogP contribution in [0.3, 0.4) is 0 Å². The van der Waals surface area contributed by atoms with Crippen molar-refractivity contribution in [3.8, 4) is 0 Å². The second-order valence-corrected chi connectivity index (χ2v) is 5.22. The summed E-state index contributed by atoms with van der Waals surface area (Å²) >= 11 is 0. The van der Waals surface area contributed by atoms with Crippen molar-refractivity contribution < 1.29 is 9.18 Å². The number of rotatable bonds is 9. The van der Waals surface area contributed by atoms with Crippen molar-refractivity contribution in [3.63, 3.8) is 0 Å². The molecule has 2 nitrogen and oxygen atoms in total. The van der Waals surface area contributed by atoms with Crippen LogP contribution in [-0.4, -0.2) is 23.9 Å². The highest BCUT2D eigenvalue weighted by Gasteiger charge is 2.15. The highest BCUT2D eigenvalue weighted by molar-refractivity contribution is 5.94. The molecule has 0 heterocycles. The van der Waals surface area contributed by atoms with Crippen LogP contribution in [0, 0.1) is 5.82 Å². The van der Waals surface area contributed by atoms with Gasteiger partial charge in [0.15, 0.2) is 0 Å². The molecule has 1 aromatic rings. The normalized spacial score (nSPS) is 10.6. The van der Waals surface area contributed by atoms with Crippen molar-refractivity contribution in [1.82, 2.24) is 4.90 Å². The molecule has 0 aromatic heterocycles. The highest BCUT2D eigenvalue weighted by Crippen LogP contribution is 2.10. The van der Waals surface area contributed by atoms with Crippen molar-refractivity contribution in [2.24, 2.45) is 0 Å². The summed E-state index contributed by atoms with van der Waals surface area (Å²) in [6, 6.07) is 5.98. The zero-order valence-corrected chi connectivity index (χ0v) is 12.7. The van der Waals surface area contributed by atoms with Crippen molar-refractivity contribution in [1.29, 1.82) is 0 Å². The largest absolute Gasteiger partial charge is 0.339 e. The molecule has 3 heteroatoms. The molecule has 0 N–H and O–H groups in total. The van der Waals surface area contributed by atoms with E-state index < -0.39 is 0 Å². The number of benzene rings is 1. The summed E-state index contributed by atoms with van der Waals surface area (Å²) in [7, 11) is 0. The number of carbonyl (C=O) groups excluding carboxylic acids is 1. The second-order valence-electron chi connectivity index (χ2n) is 5.22. The van der Waals surface area contributed by atoms with Gasteiger partial charge < -0.3 is 4.90 Å². The Balaban J connectivity index is 2.63. The Hall–Kier alpha value is -1.38. The van der Waals surface area contributed by atoms with Crippen LogP contribution in [0.25, 0.3) is 0 Å². The van der Waals surface area contributed by atoms with Crippen molar-refractivity contribution in [2.45, 2.75) is 52.4 Å². The van der Waals surface area contributed by atoms with Crippen molar-refractivity contribution in [3.05, 3.63) is 35.6 Å². The predicted octanol–water partition coefficient (Wildman–Crippen LogP) is 4.65. The molecule has 1 amide bonds. The summed E-state index contributed by atoms with van der Waals surface area (Å²) in [5, 5.41) is 0. The summed E-state index contributed by atoms with van der Waals surface area (Å²) in [5.41, 5.74) is 0.455. The van der Waals surface area contributed by atoms with Gasteiger partial charge in [0.2, 0.25) is 0 Å². The number of nitrogens with zero attached hydrogens (tertiary/aromatic N) is 1. The lowest BCUT2D eigenvalue weighted by Gasteiger charge is -2.22. The third kappa shape index (κ3) is 5.72. The van der Waals surface area contributed by atoms with Crippen LogP contribution in [-0.2, 0) is 0 Å². The molecule has 0 fully saturated rings. The number of hydrogen-bond donors (Lipinski definition) is 0. The van der Waals surface area contributed by atoms with E-state index in [1.807, 2.05) is 4.90 Å². The molecule has 0 aliphatic rings. The first-order valence-corrected chi connectivity index (χ1v) is 7.73. The van der Waals surface area contributed by atoms with Gasteiger partial charge in [0, 0.05) is 18.7 Å². The van der Waals surface area contributed by atoms with Gasteiger partial charge in [-0.1, -0.05) is 45.6 Å². The lowest BCUT2D eigenvalue weighted by atomic mass is 10.1. The summed E-state index contributed by atoms with van der Waals surface area (Å²) < 4.78 is 13.2. The first-order valence-electron chi connectivity index (χ1n) is 7.73. The van der Waals surface area contributed by atoms with Gasteiger partial charge in [0.05, 0.1) is 0 Å². The van der Waals surface area contributed by atoms with Crippen LogP contribution in [0.2, 0.25) is 0 Å². The highest BCUT2D eigenvalue weighted by atomic mass is 19.1. The fourth-order valence-corrected chi connectivity index (χ4v) is 2.20. The molecule has 0 spiro atoms. The topological polar surface area (TPSA) is 20.3 Å². The Morgan fingerprint density at radius 1 is 1.05 bits per heavy atom. The first kappa shape index (κ1) is 16.7. The molecule has 0 aliphatic carbocycles. The number of halogens is 1. The quantitative estimate of drug-likeness (QED) is 0.603. The third-order valence-electron chi connectivity index (χ3n) is 3.42. The predicted molar refractivity (Wildman–Crippen MR) is 81.4 cm³/mol. The molecule has 1 rings (SSSR count). The van der Waals surface area contributed by atoms with Gasteiger partial charge in [-0.05, 0) is 31.0 Å². The summed E-state index contributed by atoms with van der Waals surface area (Å²) in [4.78, 5) is 14.3. The molecule has 0 radical (unpaired) electrons. The van der Waals surface area contributed by atoms with Crippen molar-refractivity contribution >= 4 is 5.91 Å². The molecular weight excluding hydrogens is 253 g/mol. The van der Waals surface area contributed by atoms with Gasteiger partial charge in [-0.25, -0.2) is 4.39 Å². The number of hydrogen-bond acceptors (Lipinski definition) is 1. The van der Waals surface area contributed by atoms with Gasteiger partial charge in [-0.15, -0.1) is 0 Å². The number of carbonyl (C=O) groups is 1. The molecule has 0 atom stereocenters. The Morgan fingerprint density at radius 3 is 2.40 bits per heavy atom. The summed E-state index contributed by atoms with van der Waals surface area (Å²) in [6.45, 7) is 5.82. The lowest BCUT2D eigenvalue weighted by molar-refractivity contribution is 0.0749. The summed E-state index contributed by atoms with van der Waals surface area (Å²) in [5.74, 6) is -0.397. The van der Waals surface area contributed by atoms with Crippen LogP contribution in [0.5, 0.6) is 0 Å². The van der Waals surface area contributed by atoms with E-state index in [0.717, 1.165) is 38.8 Å². The third-order valence-corrected chi connectivity index (χ3v) is 3.42. The van der Waals surface area contributed by atoms with Gasteiger partial charge in [0.1, 0.15) is 5.82 Å². The Labute approximate surface area is 122 Å². The molecule has 112 valence electrons. The van der Waals surface area contributed by atoms with Crippen LogP contribution in [0.15, 0.2) is 24.3 Å². The zero-order chi connectivity index (χ0) is 14.8. The lowest BCUT2D eigenvalue weighted by Crippen LogP contribution is -2.33. The second kappa shape index (κ2) is 9.51. The Kier molecular flexibility index (Phi) is 7.93. The van der Waals surface area contributed by atoms with Crippen LogP contribution in [0.1, 0.15) is 62.7 Å². The van der Waals surface area contributed by atoms with Crippen molar-refractivity contribution in [2.75, 3.05) is 13.1 Å². The average molecular weight is 279 g/mol. The van der Waals surface area contributed by atoms with Gasteiger partial charge in [-0.2, -0.15) is 0 Å². The standard InChI is InChI=1S/C17H26FNO/c1-3-5-7-8-13-19(12-6-4-2)17(20)15-10-9-11-16(18)14-15/h9-11,14H,3-8,12-13H2,1-2H3. The number of unbranched alkanes of at least 4 members (excludes halogenated alkanes) is 4.